The minimum atomic E-state index is -0.316. The van der Waals surface area contributed by atoms with E-state index in [0.717, 1.165) is 44.0 Å². The van der Waals surface area contributed by atoms with Gasteiger partial charge < -0.3 is 4.90 Å². The second kappa shape index (κ2) is 11.1. The van der Waals surface area contributed by atoms with Gasteiger partial charge in [-0.05, 0) is 11.6 Å². The van der Waals surface area contributed by atoms with Crippen molar-refractivity contribution in [3.8, 4) is 11.3 Å². The van der Waals surface area contributed by atoms with Crippen LogP contribution in [-0.2, 0) is 6.54 Å². The van der Waals surface area contributed by atoms with Crippen LogP contribution in [0.1, 0.15) is 11.1 Å². The number of nitro benzene ring substituents is 1. The lowest BCUT2D eigenvalue weighted by atomic mass is 10.1. The molecule has 1 aliphatic heterocycles. The molecule has 0 aliphatic carbocycles. The molecule has 0 spiro atoms. The Morgan fingerprint density at radius 3 is 2.44 bits per heavy atom. The summed E-state index contributed by atoms with van der Waals surface area (Å²) in [5, 5.41) is 18.7. The third-order valence-electron chi connectivity index (χ3n) is 6.11. The van der Waals surface area contributed by atoms with Gasteiger partial charge in [0.1, 0.15) is 5.69 Å². The Morgan fingerprint density at radius 1 is 1.00 bits per heavy atom. The maximum Gasteiger partial charge on any atom is 0.293 e. The minimum Gasteiger partial charge on any atom is -0.363 e. The highest BCUT2D eigenvalue weighted by Gasteiger charge is 2.24. The van der Waals surface area contributed by atoms with Gasteiger partial charge in [0.2, 0.25) is 5.13 Å². The van der Waals surface area contributed by atoms with E-state index in [2.05, 4.69) is 37.4 Å². The molecule has 3 aromatic carbocycles. The van der Waals surface area contributed by atoms with Crippen LogP contribution >= 0.6 is 11.3 Å². The summed E-state index contributed by atoms with van der Waals surface area (Å²) in [5.41, 5.74) is 7.52. The number of benzene rings is 3. The average Bonchev–Trinajstić information content (AvgIpc) is 3.39. The van der Waals surface area contributed by atoms with E-state index in [4.69, 9.17) is 0 Å². The smallest absolute Gasteiger partial charge is 0.293 e. The highest BCUT2D eigenvalue weighted by Crippen LogP contribution is 2.30. The van der Waals surface area contributed by atoms with Gasteiger partial charge in [0.05, 0.1) is 16.8 Å². The number of hydrogen-bond donors (Lipinski definition) is 1. The van der Waals surface area contributed by atoms with Gasteiger partial charge in [-0.1, -0.05) is 66.7 Å². The molecule has 36 heavy (non-hydrogen) atoms. The Balaban J connectivity index is 1.21. The fourth-order valence-electron chi connectivity index (χ4n) is 4.25. The molecular weight excluding hydrogens is 472 g/mol. The molecule has 0 saturated carbocycles. The van der Waals surface area contributed by atoms with Gasteiger partial charge in [0, 0.05) is 55.3 Å². The van der Waals surface area contributed by atoms with Gasteiger partial charge in [-0.25, -0.2) is 4.98 Å². The van der Waals surface area contributed by atoms with E-state index in [1.807, 2.05) is 66.0 Å². The van der Waals surface area contributed by atoms with Crippen molar-refractivity contribution < 1.29 is 4.92 Å². The molecule has 0 unspecified atom stereocenters. The topological polar surface area (TPSA) is 86.9 Å². The van der Waals surface area contributed by atoms with Gasteiger partial charge >= 0.3 is 0 Å². The molecule has 5 rings (SSSR count). The number of nitrogens with zero attached hydrogens (tertiary/aromatic N) is 5. The summed E-state index contributed by atoms with van der Waals surface area (Å²) in [7, 11) is 0. The van der Waals surface area contributed by atoms with Crippen LogP contribution in [0.4, 0.5) is 16.5 Å². The number of nitro groups is 1. The predicted octanol–water partition coefficient (Wildman–Crippen LogP) is 5.49. The number of rotatable bonds is 8. The molecule has 0 atom stereocenters. The third kappa shape index (κ3) is 5.76. The van der Waals surface area contributed by atoms with Gasteiger partial charge in [-0.2, -0.15) is 5.10 Å². The Morgan fingerprint density at radius 2 is 1.72 bits per heavy atom. The first kappa shape index (κ1) is 23.7. The molecule has 182 valence electrons. The van der Waals surface area contributed by atoms with E-state index in [-0.39, 0.29) is 10.6 Å². The summed E-state index contributed by atoms with van der Waals surface area (Å²) >= 11 is 1.45. The summed E-state index contributed by atoms with van der Waals surface area (Å²) in [4.78, 5) is 20.6. The fraction of sp³-hybridized carbons (Fsp3) is 0.185. The molecule has 1 aliphatic rings. The zero-order valence-corrected chi connectivity index (χ0v) is 20.5. The van der Waals surface area contributed by atoms with Crippen molar-refractivity contribution in [2.45, 2.75) is 6.54 Å². The fourth-order valence-corrected chi connectivity index (χ4v) is 4.92. The van der Waals surface area contributed by atoms with Crippen molar-refractivity contribution >= 4 is 34.1 Å². The van der Waals surface area contributed by atoms with E-state index in [1.165, 1.54) is 16.9 Å². The molecular formula is C27H26N6O2S. The highest BCUT2D eigenvalue weighted by atomic mass is 32.1. The molecule has 1 saturated heterocycles. The Hall–Kier alpha value is -4.08. The third-order valence-corrected chi connectivity index (χ3v) is 6.85. The second-order valence-electron chi connectivity index (χ2n) is 8.53. The van der Waals surface area contributed by atoms with Crippen molar-refractivity contribution in [3.05, 3.63) is 105 Å². The van der Waals surface area contributed by atoms with Crippen LogP contribution in [0.25, 0.3) is 11.3 Å². The summed E-state index contributed by atoms with van der Waals surface area (Å²) in [5.74, 6) is 0. The molecule has 0 amide bonds. The van der Waals surface area contributed by atoms with E-state index < -0.39 is 0 Å². The first-order chi connectivity index (χ1) is 17.7. The SMILES string of the molecule is O=[N+]([O-])c1cc(C=NNc2nc(-c3ccccc3)cs2)ccc1N1CCN(Cc2ccccc2)CC1. The number of nitrogens with one attached hydrogen (secondary N) is 1. The zero-order valence-electron chi connectivity index (χ0n) is 19.7. The van der Waals surface area contributed by atoms with Crippen molar-refractivity contribution in [1.29, 1.82) is 0 Å². The monoisotopic (exact) mass is 498 g/mol. The quantitative estimate of drug-likeness (QED) is 0.196. The zero-order chi connectivity index (χ0) is 24.7. The first-order valence-electron chi connectivity index (χ1n) is 11.8. The van der Waals surface area contributed by atoms with Crippen LogP contribution in [0.15, 0.2) is 89.3 Å². The molecule has 8 nitrogen and oxygen atoms in total. The van der Waals surface area contributed by atoms with Gasteiger partial charge in [-0.3, -0.25) is 20.4 Å². The lowest BCUT2D eigenvalue weighted by molar-refractivity contribution is -0.384. The highest BCUT2D eigenvalue weighted by molar-refractivity contribution is 7.14. The van der Waals surface area contributed by atoms with E-state index in [0.29, 0.717) is 16.4 Å². The van der Waals surface area contributed by atoms with Crippen molar-refractivity contribution in [2.75, 3.05) is 36.5 Å². The molecule has 0 radical (unpaired) electrons. The number of hydrazone groups is 1. The molecule has 1 fully saturated rings. The molecule has 1 aromatic heterocycles. The normalized spacial score (nSPS) is 14.3. The van der Waals surface area contributed by atoms with Crippen LogP contribution in [-0.4, -0.2) is 47.2 Å². The summed E-state index contributed by atoms with van der Waals surface area (Å²) in [6, 6.07) is 25.6. The Labute approximate surface area is 213 Å². The van der Waals surface area contributed by atoms with Crippen molar-refractivity contribution in [1.82, 2.24) is 9.88 Å². The number of hydrogen-bond acceptors (Lipinski definition) is 8. The van der Waals surface area contributed by atoms with Crippen LogP contribution in [0.2, 0.25) is 0 Å². The molecule has 2 heterocycles. The lowest BCUT2D eigenvalue weighted by Crippen LogP contribution is -2.46. The van der Waals surface area contributed by atoms with E-state index >= 15 is 0 Å². The minimum absolute atomic E-state index is 0.0936. The average molecular weight is 499 g/mol. The van der Waals surface area contributed by atoms with E-state index in [1.54, 1.807) is 12.3 Å². The number of piperazine rings is 1. The summed E-state index contributed by atoms with van der Waals surface area (Å²) in [6.07, 6.45) is 1.58. The largest absolute Gasteiger partial charge is 0.363 e. The van der Waals surface area contributed by atoms with Crippen molar-refractivity contribution in [2.24, 2.45) is 5.10 Å². The van der Waals surface area contributed by atoms with Gasteiger partial charge in [0.15, 0.2) is 0 Å². The first-order valence-corrected chi connectivity index (χ1v) is 12.6. The lowest BCUT2D eigenvalue weighted by Gasteiger charge is -2.35. The molecule has 1 N–H and O–H groups in total. The van der Waals surface area contributed by atoms with Crippen molar-refractivity contribution in [3.63, 3.8) is 0 Å². The number of anilines is 2. The number of aromatic nitrogens is 1. The van der Waals surface area contributed by atoms with Crippen LogP contribution in [0.5, 0.6) is 0 Å². The van der Waals surface area contributed by atoms with Gasteiger partial charge in [-0.15, -0.1) is 11.3 Å². The van der Waals surface area contributed by atoms with Crippen LogP contribution in [0, 0.1) is 10.1 Å². The van der Waals surface area contributed by atoms with Crippen LogP contribution in [0.3, 0.4) is 0 Å². The summed E-state index contributed by atoms with van der Waals surface area (Å²) < 4.78 is 0. The Kier molecular flexibility index (Phi) is 7.30. The maximum atomic E-state index is 11.9. The number of thiazole rings is 1. The maximum absolute atomic E-state index is 11.9. The summed E-state index contributed by atoms with van der Waals surface area (Å²) in [6.45, 7) is 4.11. The molecule has 4 aromatic rings. The standard InChI is InChI=1S/C27H26N6O2S/c34-33(35)26-17-22(18-28-30-27-29-24(20-36-27)23-9-5-2-6-10-23)11-12-25(26)32-15-13-31(14-16-32)19-21-7-3-1-4-8-21/h1-12,17-18,20H,13-16,19H2,(H,29,30). The van der Waals surface area contributed by atoms with Gasteiger partial charge in [0.25, 0.3) is 5.69 Å². The van der Waals surface area contributed by atoms with E-state index in [9.17, 15) is 10.1 Å². The molecule has 9 heteroatoms. The predicted molar refractivity (Wildman–Crippen MR) is 146 cm³/mol. The second-order valence-corrected chi connectivity index (χ2v) is 9.39. The Bertz CT molecular complexity index is 1330. The molecule has 0 bridgehead atoms. The van der Waals surface area contributed by atoms with Crippen LogP contribution < -0.4 is 10.3 Å².